The van der Waals surface area contributed by atoms with Gasteiger partial charge in [-0.15, -0.1) is 0 Å². The predicted octanol–water partition coefficient (Wildman–Crippen LogP) is -1.27. The minimum absolute atomic E-state index is 0.0635. The number of carbonyl (C=O) groups is 2. The first-order chi connectivity index (χ1) is 10.1. The molecule has 0 radical (unpaired) electrons. The molecule has 9 heteroatoms. The third-order valence-corrected chi connectivity index (χ3v) is 2.40. The van der Waals surface area contributed by atoms with Gasteiger partial charge in [-0.05, 0) is 0 Å². The average molecular weight is 308 g/mol. The number of aliphatic carboxylic acids is 1. The second-order valence-corrected chi connectivity index (χ2v) is 4.04. The molecule has 0 aliphatic carbocycles. The van der Waals surface area contributed by atoms with Gasteiger partial charge in [-0.25, -0.2) is 9.78 Å². The first kappa shape index (κ1) is 19.7. The Morgan fingerprint density at radius 3 is 2.43 bits per heavy atom. The second-order valence-electron chi connectivity index (χ2n) is 4.04. The number of hydrogen-bond donors (Lipinski definition) is 2. The number of nitrogens with one attached hydrogen (secondary N) is 1. The zero-order chi connectivity index (χ0) is 15.9. The van der Waals surface area contributed by atoms with E-state index in [1.807, 2.05) is 0 Å². The van der Waals surface area contributed by atoms with Crippen LogP contribution in [-0.4, -0.2) is 88.7 Å². The van der Waals surface area contributed by atoms with E-state index in [1.165, 1.54) is 7.11 Å². The third kappa shape index (κ3) is 13.5. The summed E-state index contributed by atoms with van der Waals surface area (Å²) in [5.41, 5.74) is 0. The van der Waals surface area contributed by atoms with Crippen molar-refractivity contribution in [3.8, 4) is 0 Å². The lowest BCUT2D eigenvalue weighted by molar-refractivity contribution is -0.273. The van der Waals surface area contributed by atoms with E-state index in [2.05, 4.69) is 10.2 Å². The molecule has 2 N–H and O–H groups in total. The maximum Gasteiger partial charge on any atom is 0.322 e. The molecule has 0 aliphatic rings. The summed E-state index contributed by atoms with van der Waals surface area (Å²) >= 11 is 0. The molecule has 0 aromatic carbocycles. The Kier molecular flexibility index (Phi) is 12.9. The fourth-order valence-electron chi connectivity index (χ4n) is 1.39. The van der Waals surface area contributed by atoms with E-state index in [0.717, 1.165) is 0 Å². The molecule has 0 fully saturated rings. The van der Waals surface area contributed by atoms with Crippen molar-refractivity contribution < 1.29 is 33.9 Å². The number of ether oxygens (including phenoxy) is 2. The van der Waals surface area contributed by atoms with E-state index < -0.39 is 12.5 Å². The van der Waals surface area contributed by atoms with Gasteiger partial charge >= 0.3 is 5.97 Å². The minimum atomic E-state index is -1.08. The molecule has 124 valence electrons. The van der Waals surface area contributed by atoms with Crippen LogP contribution < -0.4 is 5.32 Å². The normalized spacial score (nSPS) is 10.8. The maximum absolute atomic E-state index is 11.6. The van der Waals surface area contributed by atoms with Crippen LogP contribution >= 0.6 is 0 Å². The van der Waals surface area contributed by atoms with Crippen molar-refractivity contribution in [1.82, 2.24) is 10.2 Å². The van der Waals surface area contributed by atoms with E-state index in [0.29, 0.717) is 39.5 Å². The topological polar surface area (TPSA) is 107 Å². The van der Waals surface area contributed by atoms with Crippen molar-refractivity contribution in [1.29, 1.82) is 0 Å². The maximum atomic E-state index is 11.6. The first-order valence-electron chi connectivity index (χ1n) is 6.53. The van der Waals surface area contributed by atoms with Gasteiger partial charge in [0.2, 0.25) is 5.91 Å². The van der Waals surface area contributed by atoms with Crippen LogP contribution in [0, 0.1) is 0 Å². The largest absolute Gasteiger partial charge is 0.480 e. The Morgan fingerprint density at radius 2 is 1.81 bits per heavy atom. The van der Waals surface area contributed by atoms with Gasteiger partial charge in [-0.2, -0.15) is 0 Å². The Labute approximate surface area is 124 Å². The smallest absolute Gasteiger partial charge is 0.322 e. The molecule has 0 bridgehead atoms. The van der Waals surface area contributed by atoms with Gasteiger partial charge in [0.25, 0.3) is 0 Å². The molecule has 0 atom stereocenters. The van der Waals surface area contributed by atoms with Crippen LogP contribution in [0.2, 0.25) is 0 Å². The summed E-state index contributed by atoms with van der Waals surface area (Å²) in [6.45, 7) is 2.35. The number of hydrogen-bond acceptors (Lipinski definition) is 7. The molecule has 9 nitrogen and oxygen atoms in total. The molecule has 0 aromatic rings. The molecule has 0 saturated heterocycles. The van der Waals surface area contributed by atoms with Crippen LogP contribution in [0.4, 0.5) is 0 Å². The van der Waals surface area contributed by atoms with Crippen LogP contribution in [0.1, 0.15) is 0 Å². The summed E-state index contributed by atoms with van der Waals surface area (Å²) in [5.74, 6) is -1.45. The summed E-state index contributed by atoms with van der Waals surface area (Å²) in [5, 5.41) is 10.8. The molecule has 0 heterocycles. The summed E-state index contributed by atoms with van der Waals surface area (Å²) in [6, 6.07) is 0. The fraction of sp³-hybridized carbons (Fsp3) is 0.833. The van der Waals surface area contributed by atoms with Crippen LogP contribution in [0.15, 0.2) is 0 Å². The van der Waals surface area contributed by atoms with E-state index in [1.54, 1.807) is 12.0 Å². The monoisotopic (exact) mass is 308 g/mol. The quantitative estimate of drug-likeness (QED) is 0.232. The first-order valence-corrected chi connectivity index (χ1v) is 6.53. The minimum Gasteiger partial charge on any atom is -0.480 e. The molecular formula is C12H24N2O7. The summed E-state index contributed by atoms with van der Waals surface area (Å²) in [7, 11) is 2.99. The van der Waals surface area contributed by atoms with Crippen LogP contribution in [0.5, 0.6) is 0 Å². The molecule has 0 spiro atoms. The highest BCUT2D eigenvalue weighted by Crippen LogP contribution is 1.91. The Balaban J connectivity index is 3.99. The van der Waals surface area contributed by atoms with Crippen molar-refractivity contribution in [2.45, 2.75) is 0 Å². The zero-order valence-electron chi connectivity index (χ0n) is 12.5. The van der Waals surface area contributed by atoms with Crippen molar-refractivity contribution in [2.24, 2.45) is 0 Å². The Bertz CT molecular complexity index is 289. The number of rotatable bonds is 14. The molecule has 0 aromatic heterocycles. The summed E-state index contributed by atoms with van der Waals surface area (Å²) in [6.07, 6.45) is 0. The van der Waals surface area contributed by atoms with E-state index in [9.17, 15) is 9.59 Å². The number of amides is 1. The van der Waals surface area contributed by atoms with Gasteiger partial charge < -0.3 is 19.9 Å². The standard InChI is InChI=1S/C12H24N2O7/c1-18-7-8-20-5-3-14(4-6-21-19-2)10-11(15)13-9-12(16)17/h3-10H2,1-2H3,(H,13,15)(H,16,17). The highest BCUT2D eigenvalue weighted by Gasteiger charge is 2.11. The van der Waals surface area contributed by atoms with E-state index in [4.69, 9.17) is 19.5 Å². The van der Waals surface area contributed by atoms with Gasteiger partial charge in [0.15, 0.2) is 0 Å². The number of carboxylic acids is 1. The number of nitrogens with zero attached hydrogens (tertiary/aromatic N) is 1. The molecule has 0 rings (SSSR count). The molecule has 0 saturated carbocycles. The molecule has 21 heavy (non-hydrogen) atoms. The molecule has 1 amide bonds. The second kappa shape index (κ2) is 13.7. The zero-order valence-corrected chi connectivity index (χ0v) is 12.5. The average Bonchev–Trinajstić information content (AvgIpc) is 2.45. The van der Waals surface area contributed by atoms with Gasteiger partial charge in [0, 0.05) is 20.2 Å². The summed E-state index contributed by atoms with van der Waals surface area (Å²) < 4.78 is 10.2. The highest BCUT2D eigenvalue weighted by molar-refractivity contribution is 5.82. The van der Waals surface area contributed by atoms with Crippen molar-refractivity contribution in [3.63, 3.8) is 0 Å². The lowest BCUT2D eigenvalue weighted by Gasteiger charge is -2.21. The Hall–Kier alpha value is -1.26. The Morgan fingerprint density at radius 1 is 1.10 bits per heavy atom. The molecule has 0 unspecified atom stereocenters. The van der Waals surface area contributed by atoms with Gasteiger partial charge in [0.1, 0.15) is 6.54 Å². The van der Waals surface area contributed by atoms with Crippen molar-refractivity contribution >= 4 is 11.9 Å². The number of carboxylic acid groups (broad SMARTS) is 1. The van der Waals surface area contributed by atoms with Crippen LogP contribution in [0.3, 0.4) is 0 Å². The van der Waals surface area contributed by atoms with E-state index >= 15 is 0 Å². The van der Waals surface area contributed by atoms with Gasteiger partial charge in [0.05, 0.1) is 40.1 Å². The third-order valence-electron chi connectivity index (χ3n) is 2.40. The van der Waals surface area contributed by atoms with Crippen molar-refractivity contribution in [2.75, 3.05) is 66.8 Å². The summed E-state index contributed by atoms with van der Waals surface area (Å²) in [4.78, 5) is 33.0. The lowest BCUT2D eigenvalue weighted by Crippen LogP contribution is -2.41. The van der Waals surface area contributed by atoms with Crippen LogP contribution in [0.25, 0.3) is 0 Å². The SMILES string of the molecule is COCCOCCN(CCOOC)CC(=O)NCC(=O)O. The highest BCUT2D eigenvalue weighted by atomic mass is 17.2. The van der Waals surface area contributed by atoms with Gasteiger partial charge in [-0.1, -0.05) is 0 Å². The molecular weight excluding hydrogens is 284 g/mol. The number of carbonyl (C=O) groups excluding carboxylic acids is 1. The van der Waals surface area contributed by atoms with Crippen molar-refractivity contribution in [3.05, 3.63) is 0 Å². The lowest BCUT2D eigenvalue weighted by atomic mass is 10.4. The van der Waals surface area contributed by atoms with E-state index in [-0.39, 0.29) is 12.5 Å². The number of methoxy groups -OCH3 is 1. The van der Waals surface area contributed by atoms with Gasteiger partial charge in [-0.3, -0.25) is 14.5 Å². The predicted molar refractivity (Wildman–Crippen MR) is 72.7 cm³/mol. The molecule has 0 aliphatic heterocycles. The van der Waals surface area contributed by atoms with Crippen LogP contribution in [-0.2, 0) is 28.8 Å². The fourth-order valence-corrected chi connectivity index (χ4v) is 1.39.